The molecule has 2 aromatic carbocycles. The van der Waals surface area contributed by atoms with Crippen LogP contribution in [0.1, 0.15) is 40.9 Å². The van der Waals surface area contributed by atoms with Crippen LogP contribution in [-0.2, 0) is 11.3 Å². The number of aromatic amines is 1. The van der Waals surface area contributed by atoms with Crippen molar-refractivity contribution in [2.45, 2.75) is 32.8 Å². The van der Waals surface area contributed by atoms with E-state index in [1.54, 1.807) is 0 Å². The normalized spacial score (nSPS) is 14.4. The van der Waals surface area contributed by atoms with E-state index in [0.29, 0.717) is 12.2 Å². The number of hydrogen-bond acceptors (Lipinski definition) is 4. The second-order valence-corrected chi connectivity index (χ2v) is 7.64. The Bertz CT molecular complexity index is 959. The van der Waals surface area contributed by atoms with Crippen molar-refractivity contribution in [2.24, 2.45) is 0 Å². The van der Waals surface area contributed by atoms with Crippen LogP contribution in [0.2, 0.25) is 0 Å². The van der Waals surface area contributed by atoms with Crippen molar-refractivity contribution in [1.82, 2.24) is 9.88 Å². The van der Waals surface area contributed by atoms with Gasteiger partial charge in [0.15, 0.2) is 0 Å². The molecule has 5 heteroatoms. The fourth-order valence-corrected chi connectivity index (χ4v) is 3.94. The lowest BCUT2D eigenvalue weighted by Gasteiger charge is -2.14. The molecule has 1 fully saturated rings. The van der Waals surface area contributed by atoms with E-state index in [0.717, 1.165) is 40.9 Å². The first-order valence-electron chi connectivity index (χ1n) is 10.4. The van der Waals surface area contributed by atoms with Crippen molar-refractivity contribution in [1.29, 1.82) is 0 Å². The van der Waals surface area contributed by atoms with Gasteiger partial charge < -0.3 is 19.4 Å². The Labute approximate surface area is 171 Å². The fourth-order valence-electron chi connectivity index (χ4n) is 3.94. The average Bonchev–Trinajstić information content (AvgIpc) is 3.37. The minimum atomic E-state index is -0.316. The summed E-state index contributed by atoms with van der Waals surface area (Å²) in [7, 11) is 0. The van der Waals surface area contributed by atoms with Crippen LogP contribution in [0.15, 0.2) is 48.5 Å². The van der Waals surface area contributed by atoms with E-state index in [1.807, 2.05) is 55.5 Å². The monoisotopic (exact) mass is 392 g/mol. The molecule has 0 atom stereocenters. The van der Waals surface area contributed by atoms with Crippen molar-refractivity contribution in [3.63, 3.8) is 0 Å². The number of ether oxygens (including phenoxy) is 2. The van der Waals surface area contributed by atoms with Gasteiger partial charge >= 0.3 is 5.97 Å². The lowest BCUT2D eigenvalue weighted by Crippen LogP contribution is -2.21. The van der Waals surface area contributed by atoms with E-state index in [1.165, 1.54) is 25.9 Å². The zero-order valence-electron chi connectivity index (χ0n) is 16.9. The van der Waals surface area contributed by atoms with Gasteiger partial charge in [-0.1, -0.05) is 30.3 Å². The molecule has 0 unspecified atom stereocenters. The number of benzene rings is 2. The molecule has 0 radical (unpaired) electrons. The first kappa shape index (κ1) is 19.5. The molecule has 29 heavy (non-hydrogen) atoms. The summed E-state index contributed by atoms with van der Waals surface area (Å²) in [5.41, 5.74) is 3.28. The number of carbonyl (C=O) groups excluding carboxylic acids is 1. The maximum Gasteiger partial charge on any atom is 0.340 e. The summed E-state index contributed by atoms with van der Waals surface area (Å²) in [6.45, 7) is 6.35. The predicted molar refractivity (Wildman–Crippen MR) is 114 cm³/mol. The number of fused-ring (bicyclic) bond motifs is 1. The summed E-state index contributed by atoms with van der Waals surface area (Å²) in [6, 6.07) is 15.6. The van der Waals surface area contributed by atoms with Crippen LogP contribution < -0.4 is 4.74 Å². The molecular weight excluding hydrogens is 364 g/mol. The van der Waals surface area contributed by atoms with E-state index in [9.17, 15) is 4.79 Å². The number of hydrogen-bond donors (Lipinski definition) is 1. The smallest absolute Gasteiger partial charge is 0.340 e. The highest BCUT2D eigenvalue weighted by Crippen LogP contribution is 2.27. The van der Waals surface area contributed by atoms with Crippen LogP contribution in [0.25, 0.3) is 10.9 Å². The third-order valence-electron chi connectivity index (χ3n) is 5.46. The SMILES string of the molecule is Cc1[nH]c2ccc(OCCCN3CCCC3)cc2c1C(=O)OCc1ccccc1. The molecule has 1 aliphatic rings. The number of likely N-dealkylation sites (tertiary alicyclic amines) is 1. The summed E-state index contributed by atoms with van der Waals surface area (Å²) in [4.78, 5) is 18.5. The molecule has 1 saturated heterocycles. The van der Waals surface area contributed by atoms with E-state index in [-0.39, 0.29) is 12.6 Å². The van der Waals surface area contributed by atoms with E-state index >= 15 is 0 Å². The van der Waals surface area contributed by atoms with Crippen LogP contribution in [0.5, 0.6) is 5.75 Å². The number of nitrogens with zero attached hydrogens (tertiary/aromatic N) is 1. The Balaban J connectivity index is 1.40. The number of aromatic nitrogens is 1. The summed E-state index contributed by atoms with van der Waals surface area (Å²) in [5.74, 6) is 0.471. The Morgan fingerprint density at radius 3 is 2.69 bits per heavy atom. The van der Waals surface area contributed by atoms with Crippen LogP contribution in [0.4, 0.5) is 0 Å². The Kier molecular flexibility index (Phi) is 6.15. The zero-order chi connectivity index (χ0) is 20.1. The molecule has 4 rings (SSSR count). The Hall–Kier alpha value is -2.79. The largest absolute Gasteiger partial charge is 0.494 e. The average molecular weight is 392 g/mol. The molecular formula is C24H28N2O3. The van der Waals surface area contributed by atoms with Crippen molar-refractivity contribution < 1.29 is 14.3 Å². The van der Waals surface area contributed by atoms with Crippen molar-refractivity contribution in [2.75, 3.05) is 26.2 Å². The standard InChI is InChI=1S/C24H28N2O3/c1-18-23(24(27)29-17-19-8-3-2-4-9-19)21-16-20(10-11-22(21)25-18)28-15-7-14-26-12-5-6-13-26/h2-4,8-11,16,25H,5-7,12-15,17H2,1H3. The van der Waals surface area contributed by atoms with Gasteiger partial charge in [-0.15, -0.1) is 0 Å². The quantitative estimate of drug-likeness (QED) is 0.446. The first-order valence-corrected chi connectivity index (χ1v) is 10.4. The molecule has 5 nitrogen and oxygen atoms in total. The van der Waals surface area contributed by atoms with Gasteiger partial charge in [-0.2, -0.15) is 0 Å². The highest BCUT2D eigenvalue weighted by atomic mass is 16.5. The molecule has 152 valence electrons. The topological polar surface area (TPSA) is 54.6 Å². The Morgan fingerprint density at radius 1 is 1.10 bits per heavy atom. The van der Waals surface area contributed by atoms with Crippen LogP contribution in [-0.4, -0.2) is 42.1 Å². The molecule has 0 saturated carbocycles. The van der Waals surface area contributed by atoms with Gasteiger partial charge in [-0.05, 0) is 63.0 Å². The molecule has 1 aromatic heterocycles. The molecule has 1 aliphatic heterocycles. The molecule has 2 heterocycles. The predicted octanol–water partition coefficient (Wildman–Crippen LogP) is 4.70. The minimum Gasteiger partial charge on any atom is -0.494 e. The molecule has 3 aromatic rings. The second-order valence-electron chi connectivity index (χ2n) is 7.64. The van der Waals surface area contributed by atoms with Gasteiger partial charge in [0.25, 0.3) is 0 Å². The van der Waals surface area contributed by atoms with E-state index in [2.05, 4.69) is 9.88 Å². The number of rotatable bonds is 8. The molecule has 1 N–H and O–H groups in total. The van der Waals surface area contributed by atoms with Gasteiger partial charge in [-0.25, -0.2) is 4.79 Å². The lowest BCUT2D eigenvalue weighted by molar-refractivity contribution is 0.0474. The number of nitrogens with one attached hydrogen (secondary N) is 1. The van der Waals surface area contributed by atoms with Gasteiger partial charge in [-0.3, -0.25) is 0 Å². The third-order valence-corrected chi connectivity index (χ3v) is 5.46. The van der Waals surface area contributed by atoms with E-state index < -0.39 is 0 Å². The van der Waals surface area contributed by atoms with Crippen LogP contribution >= 0.6 is 0 Å². The maximum atomic E-state index is 12.7. The van der Waals surface area contributed by atoms with Gasteiger partial charge in [0.1, 0.15) is 12.4 Å². The maximum absolute atomic E-state index is 12.7. The number of H-pyrrole nitrogens is 1. The number of aryl methyl sites for hydroxylation is 1. The third kappa shape index (κ3) is 4.80. The van der Waals surface area contributed by atoms with Crippen molar-refractivity contribution in [3.8, 4) is 5.75 Å². The molecule has 0 spiro atoms. The number of esters is 1. The summed E-state index contributed by atoms with van der Waals surface area (Å²) in [5, 5.41) is 0.845. The van der Waals surface area contributed by atoms with Crippen LogP contribution in [0.3, 0.4) is 0 Å². The number of carbonyl (C=O) groups is 1. The minimum absolute atomic E-state index is 0.262. The summed E-state index contributed by atoms with van der Waals surface area (Å²) >= 11 is 0. The Morgan fingerprint density at radius 2 is 1.90 bits per heavy atom. The highest BCUT2D eigenvalue weighted by molar-refractivity contribution is 6.05. The molecule has 0 bridgehead atoms. The van der Waals surface area contributed by atoms with Crippen molar-refractivity contribution >= 4 is 16.9 Å². The van der Waals surface area contributed by atoms with Crippen LogP contribution in [0, 0.1) is 6.92 Å². The first-order chi connectivity index (χ1) is 14.2. The van der Waals surface area contributed by atoms with Gasteiger partial charge in [0, 0.05) is 23.1 Å². The summed E-state index contributed by atoms with van der Waals surface area (Å²) in [6.07, 6.45) is 3.64. The molecule has 0 amide bonds. The zero-order valence-corrected chi connectivity index (χ0v) is 16.9. The second kappa shape index (κ2) is 9.14. The van der Waals surface area contributed by atoms with E-state index in [4.69, 9.17) is 9.47 Å². The van der Waals surface area contributed by atoms with Crippen molar-refractivity contribution in [3.05, 3.63) is 65.4 Å². The highest BCUT2D eigenvalue weighted by Gasteiger charge is 2.18. The summed E-state index contributed by atoms with van der Waals surface area (Å²) < 4.78 is 11.5. The lowest BCUT2D eigenvalue weighted by atomic mass is 10.1. The molecule has 0 aliphatic carbocycles. The fraction of sp³-hybridized carbons (Fsp3) is 0.375. The van der Waals surface area contributed by atoms with Gasteiger partial charge in [0.2, 0.25) is 0 Å². The van der Waals surface area contributed by atoms with Gasteiger partial charge in [0.05, 0.1) is 12.2 Å².